The van der Waals surface area contributed by atoms with Gasteiger partial charge in [-0.15, -0.1) is 0 Å². The van der Waals surface area contributed by atoms with Gasteiger partial charge in [-0.1, -0.05) is 5.16 Å². The summed E-state index contributed by atoms with van der Waals surface area (Å²) in [6, 6.07) is 5.33. The van der Waals surface area contributed by atoms with Gasteiger partial charge in [0.1, 0.15) is 6.54 Å². The predicted octanol–water partition coefficient (Wildman–Crippen LogP) is 0.614. The molecule has 0 radical (unpaired) electrons. The van der Waals surface area contributed by atoms with Crippen LogP contribution in [0.4, 0.5) is 18.9 Å². The molecular formula is C10H13F3N4O3S. The minimum absolute atomic E-state index is 0.110. The maximum atomic E-state index is 12.0. The number of hydrogen-bond donors (Lipinski definition) is 3. The summed E-state index contributed by atoms with van der Waals surface area (Å²) in [5.41, 5.74) is 5.77. The predicted molar refractivity (Wildman–Crippen MR) is 70.3 cm³/mol. The Bertz CT molecular complexity index is 613. The standard InChI is InChI=1S/C10H13F3N4O3S/c1-17(21(19,20)15-6-10(11,12)13)8-4-2-7(3-5-8)9(14)16-18/h2-5,15,18H,6H2,1H3,(H2,14,16). The second-order valence-corrected chi connectivity index (χ2v) is 5.73. The van der Waals surface area contributed by atoms with Crippen molar-refractivity contribution < 1.29 is 26.8 Å². The highest BCUT2D eigenvalue weighted by Crippen LogP contribution is 2.18. The average Bonchev–Trinajstić information content (AvgIpc) is 2.43. The van der Waals surface area contributed by atoms with Crippen LogP contribution in [0.25, 0.3) is 0 Å². The van der Waals surface area contributed by atoms with Crippen LogP contribution in [0.1, 0.15) is 5.56 Å². The molecule has 0 aliphatic rings. The van der Waals surface area contributed by atoms with Crippen molar-refractivity contribution in [2.45, 2.75) is 6.18 Å². The van der Waals surface area contributed by atoms with E-state index in [2.05, 4.69) is 5.16 Å². The summed E-state index contributed by atoms with van der Waals surface area (Å²) in [6.07, 6.45) is -4.65. The summed E-state index contributed by atoms with van der Waals surface area (Å²) in [5.74, 6) is -0.178. The molecule has 1 aromatic carbocycles. The van der Waals surface area contributed by atoms with E-state index < -0.39 is 22.9 Å². The summed E-state index contributed by atoms with van der Waals surface area (Å²) in [5, 5.41) is 11.2. The van der Waals surface area contributed by atoms with Crippen LogP contribution in [-0.4, -0.2) is 39.2 Å². The van der Waals surface area contributed by atoms with Gasteiger partial charge in [0, 0.05) is 12.6 Å². The fourth-order valence-corrected chi connectivity index (χ4v) is 2.25. The third-order valence-electron chi connectivity index (χ3n) is 2.45. The molecule has 1 aromatic rings. The molecule has 0 bridgehead atoms. The first-order valence-electron chi connectivity index (χ1n) is 5.45. The lowest BCUT2D eigenvalue weighted by Gasteiger charge is -2.20. The van der Waals surface area contributed by atoms with Gasteiger partial charge in [-0.3, -0.25) is 4.31 Å². The molecule has 11 heteroatoms. The number of nitrogens with zero attached hydrogens (tertiary/aromatic N) is 2. The van der Waals surface area contributed by atoms with E-state index in [1.54, 1.807) is 0 Å². The number of amidine groups is 1. The first-order valence-corrected chi connectivity index (χ1v) is 6.89. The molecule has 0 aliphatic carbocycles. The lowest BCUT2D eigenvalue weighted by Crippen LogP contribution is -2.42. The molecule has 7 nitrogen and oxygen atoms in total. The molecule has 0 saturated carbocycles. The smallest absolute Gasteiger partial charge is 0.402 e. The lowest BCUT2D eigenvalue weighted by molar-refractivity contribution is -0.121. The summed E-state index contributed by atoms with van der Waals surface area (Å²) in [4.78, 5) is 0. The molecule has 0 saturated heterocycles. The Hall–Kier alpha value is -2.01. The zero-order valence-corrected chi connectivity index (χ0v) is 11.6. The van der Waals surface area contributed by atoms with Crippen LogP contribution in [0, 0.1) is 0 Å². The summed E-state index contributed by atoms with van der Waals surface area (Å²) < 4.78 is 61.5. The van der Waals surface area contributed by atoms with Gasteiger partial charge in [-0.05, 0) is 24.3 Å². The maximum Gasteiger partial charge on any atom is 0.402 e. The average molecular weight is 326 g/mol. The quantitative estimate of drug-likeness (QED) is 0.319. The first kappa shape index (κ1) is 17.0. The normalized spacial score (nSPS) is 13.2. The maximum absolute atomic E-state index is 12.0. The molecule has 0 amide bonds. The molecule has 4 N–H and O–H groups in total. The van der Waals surface area contributed by atoms with Gasteiger partial charge >= 0.3 is 16.4 Å². The first-order chi connectivity index (χ1) is 9.57. The van der Waals surface area contributed by atoms with E-state index in [0.29, 0.717) is 9.87 Å². The van der Waals surface area contributed by atoms with Crippen LogP contribution in [0.5, 0.6) is 0 Å². The van der Waals surface area contributed by atoms with Gasteiger partial charge in [0.05, 0.1) is 5.69 Å². The van der Waals surface area contributed by atoms with E-state index in [1.165, 1.54) is 29.0 Å². The summed E-state index contributed by atoms with van der Waals surface area (Å²) >= 11 is 0. The highest BCUT2D eigenvalue weighted by atomic mass is 32.2. The van der Waals surface area contributed by atoms with Crippen LogP contribution in [0.2, 0.25) is 0 Å². The van der Waals surface area contributed by atoms with E-state index in [9.17, 15) is 21.6 Å². The van der Waals surface area contributed by atoms with Gasteiger partial charge < -0.3 is 10.9 Å². The highest BCUT2D eigenvalue weighted by molar-refractivity contribution is 7.90. The van der Waals surface area contributed by atoms with Crippen molar-refractivity contribution in [3.63, 3.8) is 0 Å². The Labute approximate surface area is 119 Å². The summed E-state index contributed by atoms with van der Waals surface area (Å²) in [7, 11) is -3.24. The number of benzene rings is 1. The topological polar surface area (TPSA) is 108 Å². The number of hydrogen-bond acceptors (Lipinski definition) is 4. The SMILES string of the molecule is CN(c1ccc(/C(N)=N/O)cc1)S(=O)(=O)NCC(F)(F)F. The minimum Gasteiger partial charge on any atom is -0.409 e. The van der Waals surface area contributed by atoms with Crippen molar-refractivity contribution >= 4 is 21.7 Å². The lowest BCUT2D eigenvalue weighted by atomic mass is 10.2. The van der Waals surface area contributed by atoms with Gasteiger partial charge in [0.2, 0.25) is 0 Å². The molecule has 0 heterocycles. The van der Waals surface area contributed by atoms with Crippen molar-refractivity contribution in [3.8, 4) is 0 Å². The van der Waals surface area contributed by atoms with Crippen molar-refractivity contribution in [2.24, 2.45) is 10.9 Å². The molecule has 0 unspecified atom stereocenters. The van der Waals surface area contributed by atoms with E-state index in [0.717, 1.165) is 7.05 Å². The van der Waals surface area contributed by atoms with E-state index >= 15 is 0 Å². The number of oxime groups is 1. The van der Waals surface area contributed by atoms with Crippen LogP contribution in [0.3, 0.4) is 0 Å². The number of rotatable bonds is 5. The molecule has 0 atom stereocenters. The fourth-order valence-electron chi connectivity index (χ4n) is 1.31. The molecule has 21 heavy (non-hydrogen) atoms. The molecule has 0 aromatic heterocycles. The highest BCUT2D eigenvalue weighted by Gasteiger charge is 2.31. The Morgan fingerprint density at radius 2 is 1.90 bits per heavy atom. The zero-order chi connectivity index (χ0) is 16.3. The molecular weight excluding hydrogens is 313 g/mol. The number of anilines is 1. The molecule has 0 fully saturated rings. The zero-order valence-electron chi connectivity index (χ0n) is 10.8. The largest absolute Gasteiger partial charge is 0.409 e. The second kappa shape index (κ2) is 6.18. The van der Waals surface area contributed by atoms with Crippen molar-refractivity contribution in [1.29, 1.82) is 0 Å². The third kappa shape index (κ3) is 4.79. The van der Waals surface area contributed by atoms with Gasteiger partial charge in [0.25, 0.3) is 0 Å². The summed E-state index contributed by atoms with van der Waals surface area (Å²) in [6.45, 7) is -1.66. The Morgan fingerprint density at radius 3 is 2.33 bits per heavy atom. The fraction of sp³-hybridized carbons (Fsp3) is 0.300. The Balaban J connectivity index is 2.90. The number of nitrogens with two attached hydrogens (primary N) is 1. The van der Waals surface area contributed by atoms with Crippen LogP contribution in [0.15, 0.2) is 29.4 Å². The van der Waals surface area contributed by atoms with Gasteiger partial charge in [-0.2, -0.15) is 26.3 Å². The van der Waals surface area contributed by atoms with Crippen molar-refractivity contribution in [2.75, 3.05) is 17.9 Å². The number of halogens is 3. The minimum atomic E-state index is -4.65. The monoisotopic (exact) mass is 326 g/mol. The van der Waals surface area contributed by atoms with Crippen molar-refractivity contribution in [1.82, 2.24) is 4.72 Å². The van der Waals surface area contributed by atoms with Crippen LogP contribution in [-0.2, 0) is 10.2 Å². The van der Waals surface area contributed by atoms with Gasteiger partial charge in [0.15, 0.2) is 5.84 Å². The molecule has 118 valence electrons. The Kier molecular flexibility index (Phi) is 5.01. The van der Waals surface area contributed by atoms with Crippen LogP contribution < -0.4 is 14.8 Å². The molecule has 1 rings (SSSR count). The molecule has 0 spiro atoms. The van der Waals surface area contributed by atoms with Crippen LogP contribution >= 0.6 is 0 Å². The number of nitrogens with one attached hydrogen (secondary N) is 1. The third-order valence-corrected chi connectivity index (χ3v) is 3.89. The molecule has 0 aliphatic heterocycles. The second-order valence-electron chi connectivity index (χ2n) is 3.94. The van der Waals surface area contributed by atoms with Crippen molar-refractivity contribution in [3.05, 3.63) is 29.8 Å². The number of alkyl halides is 3. The van der Waals surface area contributed by atoms with Gasteiger partial charge in [-0.25, -0.2) is 0 Å². The van der Waals surface area contributed by atoms with E-state index in [4.69, 9.17) is 10.9 Å². The van der Waals surface area contributed by atoms with E-state index in [1.807, 2.05) is 0 Å². The Morgan fingerprint density at radius 1 is 1.38 bits per heavy atom. The van der Waals surface area contributed by atoms with E-state index in [-0.39, 0.29) is 11.5 Å².